The summed E-state index contributed by atoms with van der Waals surface area (Å²) in [5.41, 5.74) is 9.38. The van der Waals surface area contributed by atoms with Crippen LogP contribution in [0.1, 0.15) is 40.6 Å². The summed E-state index contributed by atoms with van der Waals surface area (Å²) in [5, 5.41) is 12.0. The molecule has 1 unspecified atom stereocenters. The smallest absolute Gasteiger partial charge is 0.130 e. The zero-order valence-corrected chi connectivity index (χ0v) is 26.4. The third-order valence-electron chi connectivity index (χ3n) is 8.16. The van der Waals surface area contributed by atoms with Gasteiger partial charge in [-0.25, -0.2) is 0 Å². The SMILES string of the molecule is CC1Cc2c(OCc3ccc(-c4ccccc4)cn3)ccc3c2c(c(/C=C/c2ccccc2C#N)n3Cc2ccc(Cl)cc2)S1. The second kappa shape index (κ2) is 12.7. The number of ether oxygens (including phenoxy) is 1. The fourth-order valence-corrected chi connectivity index (χ4v) is 7.37. The maximum atomic E-state index is 9.69. The number of hydrogen-bond donors (Lipinski definition) is 0. The van der Waals surface area contributed by atoms with Crippen molar-refractivity contribution in [3.8, 4) is 22.9 Å². The van der Waals surface area contributed by atoms with Crippen LogP contribution in [0.25, 0.3) is 34.2 Å². The zero-order chi connectivity index (χ0) is 30.8. The molecule has 2 aromatic heterocycles. The molecule has 0 fully saturated rings. The third-order valence-corrected chi connectivity index (χ3v) is 9.63. The van der Waals surface area contributed by atoms with Crippen LogP contribution in [0.4, 0.5) is 0 Å². The fraction of sp³-hybridized carbons (Fsp3) is 0.128. The number of rotatable bonds is 8. The van der Waals surface area contributed by atoms with Crippen LogP contribution in [0, 0.1) is 11.3 Å². The number of hydrogen-bond acceptors (Lipinski definition) is 4. The van der Waals surface area contributed by atoms with Crippen molar-refractivity contribution in [3.05, 3.63) is 148 Å². The van der Waals surface area contributed by atoms with Crippen LogP contribution in [0.3, 0.4) is 0 Å². The van der Waals surface area contributed by atoms with Crippen molar-refractivity contribution >= 4 is 46.4 Å². The van der Waals surface area contributed by atoms with E-state index in [0.29, 0.717) is 24.0 Å². The van der Waals surface area contributed by atoms with Gasteiger partial charge in [0.2, 0.25) is 0 Å². The van der Waals surface area contributed by atoms with Gasteiger partial charge in [-0.2, -0.15) is 5.26 Å². The Labute approximate surface area is 272 Å². The predicted octanol–water partition coefficient (Wildman–Crippen LogP) is 10.1. The summed E-state index contributed by atoms with van der Waals surface area (Å²) >= 11 is 8.13. The largest absolute Gasteiger partial charge is 0.487 e. The molecule has 4 nitrogen and oxygen atoms in total. The van der Waals surface area contributed by atoms with E-state index in [4.69, 9.17) is 21.3 Å². The lowest BCUT2D eigenvalue weighted by atomic mass is 10.0. The lowest BCUT2D eigenvalue weighted by Crippen LogP contribution is -2.09. The summed E-state index contributed by atoms with van der Waals surface area (Å²) in [6, 6.07) is 36.8. The maximum absolute atomic E-state index is 9.69. The Hall–Kier alpha value is -4.76. The molecule has 7 rings (SSSR count). The molecule has 0 bridgehead atoms. The van der Waals surface area contributed by atoms with Gasteiger partial charge in [0.1, 0.15) is 12.4 Å². The second-order valence-corrected chi connectivity index (χ2v) is 13.1. The zero-order valence-electron chi connectivity index (χ0n) is 24.8. The lowest BCUT2D eigenvalue weighted by molar-refractivity contribution is 0.298. The van der Waals surface area contributed by atoms with Crippen molar-refractivity contribution in [2.45, 2.75) is 36.6 Å². The minimum absolute atomic E-state index is 0.374. The van der Waals surface area contributed by atoms with Gasteiger partial charge >= 0.3 is 0 Å². The first-order chi connectivity index (χ1) is 22.1. The third kappa shape index (κ3) is 6.00. The Kier molecular flexibility index (Phi) is 8.17. The summed E-state index contributed by atoms with van der Waals surface area (Å²) in [6.45, 7) is 3.36. The highest BCUT2D eigenvalue weighted by atomic mass is 35.5. The van der Waals surface area contributed by atoms with E-state index in [1.54, 1.807) is 0 Å². The van der Waals surface area contributed by atoms with Crippen LogP contribution >= 0.6 is 23.4 Å². The van der Waals surface area contributed by atoms with E-state index in [0.717, 1.165) is 45.3 Å². The molecule has 6 heteroatoms. The quantitative estimate of drug-likeness (QED) is 0.169. The molecule has 3 heterocycles. The van der Waals surface area contributed by atoms with Gasteiger partial charge in [0.15, 0.2) is 0 Å². The van der Waals surface area contributed by atoms with Gasteiger partial charge in [-0.1, -0.05) is 91.3 Å². The molecule has 0 amide bonds. The summed E-state index contributed by atoms with van der Waals surface area (Å²) in [6.07, 6.45) is 7.05. The summed E-state index contributed by atoms with van der Waals surface area (Å²) in [7, 11) is 0. The Morgan fingerprint density at radius 3 is 2.51 bits per heavy atom. The number of pyridine rings is 1. The van der Waals surface area contributed by atoms with E-state index in [1.165, 1.54) is 26.9 Å². The van der Waals surface area contributed by atoms with Crippen molar-refractivity contribution in [1.82, 2.24) is 9.55 Å². The highest BCUT2D eigenvalue weighted by molar-refractivity contribution is 8.00. The molecule has 0 saturated carbocycles. The Morgan fingerprint density at radius 2 is 1.73 bits per heavy atom. The predicted molar refractivity (Wildman–Crippen MR) is 186 cm³/mol. The van der Waals surface area contributed by atoms with E-state index in [-0.39, 0.29) is 0 Å². The van der Waals surface area contributed by atoms with E-state index in [1.807, 2.05) is 78.6 Å². The van der Waals surface area contributed by atoms with Crippen LogP contribution in [0.5, 0.6) is 5.75 Å². The molecule has 1 aliphatic rings. The first-order valence-corrected chi connectivity index (χ1v) is 16.2. The summed E-state index contributed by atoms with van der Waals surface area (Å²) in [5.74, 6) is 0.902. The molecule has 0 aliphatic carbocycles. The number of aromatic nitrogens is 2. The normalized spacial score (nSPS) is 14.1. The topological polar surface area (TPSA) is 50.8 Å². The average Bonchev–Trinajstić information content (AvgIpc) is 3.37. The summed E-state index contributed by atoms with van der Waals surface area (Å²) in [4.78, 5) is 5.94. The number of nitrogens with zero attached hydrogens (tertiary/aromatic N) is 3. The molecule has 0 spiro atoms. The van der Waals surface area contributed by atoms with Gasteiger partial charge in [0.05, 0.1) is 28.5 Å². The highest BCUT2D eigenvalue weighted by Crippen LogP contribution is 2.47. The molecule has 220 valence electrons. The minimum atomic E-state index is 0.374. The van der Waals surface area contributed by atoms with Gasteiger partial charge < -0.3 is 9.30 Å². The Balaban J connectivity index is 1.27. The molecule has 45 heavy (non-hydrogen) atoms. The molecule has 1 aliphatic heterocycles. The fourth-order valence-electron chi connectivity index (χ4n) is 5.95. The number of thioether (sulfide) groups is 1. The van der Waals surface area contributed by atoms with Crippen LogP contribution in [0.2, 0.25) is 5.02 Å². The van der Waals surface area contributed by atoms with Crippen molar-refractivity contribution in [3.63, 3.8) is 0 Å². The Bertz CT molecular complexity index is 2060. The van der Waals surface area contributed by atoms with Gasteiger partial charge in [-0.15, -0.1) is 11.8 Å². The molecule has 1 atom stereocenters. The van der Waals surface area contributed by atoms with Gasteiger partial charge in [-0.3, -0.25) is 4.98 Å². The first-order valence-electron chi connectivity index (χ1n) is 15.0. The molecule has 6 aromatic rings. The van der Waals surface area contributed by atoms with Crippen molar-refractivity contribution in [2.75, 3.05) is 0 Å². The van der Waals surface area contributed by atoms with Crippen LogP contribution < -0.4 is 4.74 Å². The number of nitriles is 1. The van der Waals surface area contributed by atoms with Crippen molar-refractivity contribution in [1.29, 1.82) is 5.26 Å². The molecular formula is C39H30ClN3OS. The number of halogens is 1. The van der Waals surface area contributed by atoms with Crippen LogP contribution in [-0.2, 0) is 19.6 Å². The maximum Gasteiger partial charge on any atom is 0.130 e. The summed E-state index contributed by atoms with van der Waals surface area (Å²) < 4.78 is 8.87. The van der Waals surface area contributed by atoms with Gasteiger partial charge in [0.25, 0.3) is 0 Å². The first kappa shape index (κ1) is 29.0. The van der Waals surface area contributed by atoms with E-state index in [2.05, 4.69) is 72.2 Å². The minimum Gasteiger partial charge on any atom is -0.487 e. The molecular weight excluding hydrogens is 594 g/mol. The van der Waals surface area contributed by atoms with E-state index >= 15 is 0 Å². The van der Waals surface area contributed by atoms with Crippen molar-refractivity contribution in [2.24, 2.45) is 0 Å². The Morgan fingerprint density at radius 1 is 0.933 bits per heavy atom. The van der Waals surface area contributed by atoms with Crippen LogP contribution in [-0.4, -0.2) is 14.8 Å². The second-order valence-electron chi connectivity index (χ2n) is 11.2. The van der Waals surface area contributed by atoms with Gasteiger partial charge in [-0.05, 0) is 65.6 Å². The van der Waals surface area contributed by atoms with Crippen LogP contribution in [0.15, 0.2) is 114 Å². The molecule has 0 N–H and O–H groups in total. The lowest BCUT2D eigenvalue weighted by Gasteiger charge is -2.21. The standard InChI is InChI=1S/C39H30ClN3OS/c1-26-21-34-37(44-25-33-17-13-31(23-42-33)28-7-3-2-4-8-28)20-19-35-38(34)39(45-26)36(18-14-29-9-5-6-10-30(29)22-41)43(35)24-27-11-15-32(40)16-12-27/h2-20,23,26H,21,24-25H2,1H3/b18-14+. The number of benzene rings is 4. The monoisotopic (exact) mass is 623 g/mol. The van der Waals surface area contributed by atoms with Crippen molar-refractivity contribution < 1.29 is 4.74 Å². The molecule has 0 radical (unpaired) electrons. The van der Waals surface area contributed by atoms with E-state index in [9.17, 15) is 5.26 Å². The average molecular weight is 624 g/mol. The molecule has 4 aromatic carbocycles. The van der Waals surface area contributed by atoms with E-state index < -0.39 is 0 Å². The highest BCUT2D eigenvalue weighted by Gasteiger charge is 2.28. The molecule has 0 saturated heterocycles. The van der Waals surface area contributed by atoms with Gasteiger partial charge in [0, 0.05) is 44.4 Å².